The molecule has 1 fully saturated rings. The molecule has 0 bridgehead atoms. The maximum absolute atomic E-state index is 12.0. The van der Waals surface area contributed by atoms with Crippen LogP contribution in [0.25, 0.3) is 11.1 Å². The van der Waals surface area contributed by atoms with Gasteiger partial charge in [-0.2, -0.15) is 0 Å². The fourth-order valence-electron chi connectivity index (χ4n) is 2.57. The molecule has 1 aliphatic heterocycles. The van der Waals surface area contributed by atoms with Gasteiger partial charge in [-0.05, 0) is 43.6 Å². The fraction of sp³-hybridized carbons (Fsp3) is 0.467. The van der Waals surface area contributed by atoms with Gasteiger partial charge in [-0.3, -0.25) is 4.79 Å². The van der Waals surface area contributed by atoms with E-state index in [2.05, 4.69) is 15.6 Å². The number of hydrogen-bond acceptors (Lipinski definition) is 4. The Hall–Kier alpha value is -1.88. The number of carbonyl (C=O) groups is 1. The average molecular weight is 273 g/mol. The molecule has 2 heterocycles. The van der Waals surface area contributed by atoms with E-state index in [-0.39, 0.29) is 5.91 Å². The Kier molecular flexibility index (Phi) is 3.69. The minimum absolute atomic E-state index is 0.0669. The summed E-state index contributed by atoms with van der Waals surface area (Å²) >= 11 is 0. The first kappa shape index (κ1) is 13.1. The quantitative estimate of drug-likeness (QED) is 0.897. The van der Waals surface area contributed by atoms with Gasteiger partial charge in [0.1, 0.15) is 5.52 Å². The molecule has 0 spiro atoms. The molecule has 1 aromatic heterocycles. The van der Waals surface area contributed by atoms with Crippen molar-refractivity contribution in [2.75, 3.05) is 18.4 Å². The number of anilines is 1. The molecule has 1 amide bonds. The lowest BCUT2D eigenvalue weighted by Crippen LogP contribution is -2.18. The summed E-state index contributed by atoms with van der Waals surface area (Å²) in [5.41, 5.74) is 2.34. The Balaban J connectivity index is 1.68. The van der Waals surface area contributed by atoms with E-state index in [1.165, 1.54) is 0 Å². The first-order valence-electron chi connectivity index (χ1n) is 7.14. The van der Waals surface area contributed by atoms with Crippen LogP contribution in [0.5, 0.6) is 0 Å². The first-order valence-corrected chi connectivity index (χ1v) is 7.14. The molecular weight excluding hydrogens is 254 g/mol. The minimum Gasteiger partial charge on any atom is -0.441 e. The van der Waals surface area contributed by atoms with E-state index in [0.717, 1.165) is 48.6 Å². The van der Waals surface area contributed by atoms with E-state index in [1.54, 1.807) is 0 Å². The zero-order chi connectivity index (χ0) is 13.9. The molecule has 0 radical (unpaired) electrons. The number of amides is 1. The van der Waals surface area contributed by atoms with Crippen molar-refractivity contribution in [1.82, 2.24) is 10.3 Å². The molecule has 1 aliphatic rings. The fourth-order valence-corrected chi connectivity index (χ4v) is 2.57. The highest BCUT2D eigenvalue weighted by Crippen LogP contribution is 2.21. The number of carbonyl (C=O) groups excluding carboxylic acids is 1. The number of fused-ring (bicyclic) bond motifs is 1. The summed E-state index contributed by atoms with van der Waals surface area (Å²) in [5.74, 6) is 1.25. The Morgan fingerprint density at radius 1 is 1.55 bits per heavy atom. The topological polar surface area (TPSA) is 67.2 Å². The van der Waals surface area contributed by atoms with Gasteiger partial charge >= 0.3 is 0 Å². The van der Waals surface area contributed by atoms with E-state index >= 15 is 0 Å². The molecule has 1 atom stereocenters. The number of aryl methyl sites for hydroxylation is 1. The molecule has 1 unspecified atom stereocenters. The van der Waals surface area contributed by atoms with E-state index < -0.39 is 0 Å². The van der Waals surface area contributed by atoms with Crippen molar-refractivity contribution in [2.24, 2.45) is 5.92 Å². The standard InChI is InChI=1S/C15H19N3O2/c1-2-15-18-12-8-11(3-4-13(12)20-15)17-14(19)7-10-5-6-16-9-10/h3-4,8,10,16H,2,5-7,9H2,1H3,(H,17,19). The molecule has 106 valence electrons. The Labute approximate surface area is 117 Å². The molecule has 2 aromatic rings. The maximum Gasteiger partial charge on any atom is 0.224 e. The average Bonchev–Trinajstić information content (AvgIpc) is 3.06. The van der Waals surface area contributed by atoms with Crippen molar-refractivity contribution in [3.05, 3.63) is 24.1 Å². The summed E-state index contributed by atoms with van der Waals surface area (Å²) in [6.07, 6.45) is 2.42. The largest absolute Gasteiger partial charge is 0.441 e. The predicted octanol–water partition coefficient (Wildman–Crippen LogP) is 2.33. The van der Waals surface area contributed by atoms with Crippen molar-refractivity contribution in [2.45, 2.75) is 26.2 Å². The van der Waals surface area contributed by atoms with Crippen LogP contribution in [0, 0.1) is 5.92 Å². The molecule has 0 saturated carbocycles. The second kappa shape index (κ2) is 5.63. The van der Waals surface area contributed by atoms with Crippen molar-refractivity contribution >= 4 is 22.7 Å². The molecule has 0 aliphatic carbocycles. The molecule has 5 nitrogen and oxygen atoms in total. The third kappa shape index (κ3) is 2.82. The van der Waals surface area contributed by atoms with Crippen LogP contribution in [0.1, 0.15) is 25.7 Å². The highest BCUT2D eigenvalue weighted by molar-refractivity contribution is 5.92. The number of aromatic nitrogens is 1. The number of benzene rings is 1. The summed E-state index contributed by atoms with van der Waals surface area (Å²) < 4.78 is 5.55. The monoisotopic (exact) mass is 273 g/mol. The molecule has 5 heteroatoms. The second-order valence-electron chi connectivity index (χ2n) is 5.25. The lowest BCUT2D eigenvalue weighted by Gasteiger charge is -2.08. The van der Waals surface area contributed by atoms with Crippen molar-refractivity contribution < 1.29 is 9.21 Å². The Morgan fingerprint density at radius 2 is 2.45 bits per heavy atom. The SMILES string of the molecule is CCc1nc2cc(NC(=O)CC3CCNC3)ccc2o1. The van der Waals surface area contributed by atoms with Crippen LogP contribution in [0.2, 0.25) is 0 Å². The van der Waals surface area contributed by atoms with Crippen LogP contribution in [0.3, 0.4) is 0 Å². The van der Waals surface area contributed by atoms with Gasteiger partial charge in [0.25, 0.3) is 0 Å². The summed E-state index contributed by atoms with van der Waals surface area (Å²) in [6, 6.07) is 5.58. The number of nitrogens with one attached hydrogen (secondary N) is 2. The summed E-state index contributed by atoms with van der Waals surface area (Å²) in [4.78, 5) is 16.4. The zero-order valence-corrected chi connectivity index (χ0v) is 11.6. The molecule has 2 N–H and O–H groups in total. The highest BCUT2D eigenvalue weighted by Gasteiger charge is 2.18. The molecular formula is C15H19N3O2. The smallest absolute Gasteiger partial charge is 0.224 e. The van der Waals surface area contributed by atoms with Gasteiger partial charge in [0, 0.05) is 18.5 Å². The van der Waals surface area contributed by atoms with Crippen LogP contribution in [0.4, 0.5) is 5.69 Å². The van der Waals surface area contributed by atoms with Gasteiger partial charge in [0.2, 0.25) is 5.91 Å². The van der Waals surface area contributed by atoms with E-state index in [1.807, 2.05) is 25.1 Å². The van der Waals surface area contributed by atoms with Crippen LogP contribution < -0.4 is 10.6 Å². The number of oxazole rings is 1. The summed E-state index contributed by atoms with van der Waals surface area (Å²) in [7, 11) is 0. The normalized spacial score (nSPS) is 18.6. The van der Waals surface area contributed by atoms with E-state index in [0.29, 0.717) is 12.3 Å². The molecule has 3 rings (SSSR count). The van der Waals surface area contributed by atoms with Crippen molar-refractivity contribution in [3.63, 3.8) is 0 Å². The Bertz CT molecular complexity index is 615. The lowest BCUT2D eigenvalue weighted by atomic mass is 10.0. The van der Waals surface area contributed by atoms with Gasteiger partial charge < -0.3 is 15.1 Å². The van der Waals surface area contributed by atoms with Crippen LogP contribution >= 0.6 is 0 Å². The van der Waals surface area contributed by atoms with Gasteiger partial charge in [0.05, 0.1) is 0 Å². The maximum atomic E-state index is 12.0. The molecule has 1 aromatic carbocycles. The van der Waals surface area contributed by atoms with E-state index in [4.69, 9.17) is 4.42 Å². The summed E-state index contributed by atoms with van der Waals surface area (Å²) in [5, 5.41) is 6.21. The molecule has 1 saturated heterocycles. The van der Waals surface area contributed by atoms with Gasteiger partial charge in [0.15, 0.2) is 11.5 Å². The number of rotatable bonds is 4. The third-order valence-electron chi connectivity index (χ3n) is 3.65. The second-order valence-corrected chi connectivity index (χ2v) is 5.25. The first-order chi connectivity index (χ1) is 9.74. The third-order valence-corrected chi connectivity index (χ3v) is 3.65. The number of nitrogens with zero attached hydrogens (tertiary/aromatic N) is 1. The van der Waals surface area contributed by atoms with Crippen LogP contribution in [-0.2, 0) is 11.2 Å². The van der Waals surface area contributed by atoms with Crippen LogP contribution in [-0.4, -0.2) is 24.0 Å². The van der Waals surface area contributed by atoms with Crippen LogP contribution in [0.15, 0.2) is 22.6 Å². The summed E-state index contributed by atoms with van der Waals surface area (Å²) in [6.45, 7) is 3.96. The van der Waals surface area contributed by atoms with Gasteiger partial charge in [-0.25, -0.2) is 4.98 Å². The highest BCUT2D eigenvalue weighted by atomic mass is 16.3. The Morgan fingerprint density at radius 3 is 3.20 bits per heavy atom. The van der Waals surface area contributed by atoms with Crippen molar-refractivity contribution in [3.8, 4) is 0 Å². The zero-order valence-electron chi connectivity index (χ0n) is 11.6. The van der Waals surface area contributed by atoms with Crippen molar-refractivity contribution in [1.29, 1.82) is 0 Å². The van der Waals surface area contributed by atoms with E-state index in [9.17, 15) is 4.79 Å². The lowest BCUT2D eigenvalue weighted by molar-refractivity contribution is -0.116. The molecule has 20 heavy (non-hydrogen) atoms. The van der Waals surface area contributed by atoms with Gasteiger partial charge in [-0.1, -0.05) is 6.92 Å². The predicted molar refractivity (Wildman–Crippen MR) is 77.6 cm³/mol. The van der Waals surface area contributed by atoms with Gasteiger partial charge in [-0.15, -0.1) is 0 Å². The minimum atomic E-state index is 0.0669. The number of hydrogen-bond donors (Lipinski definition) is 2.